The monoisotopic (exact) mass is 272 g/mol. The molecule has 2 heteroatoms. The lowest BCUT2D eigenvalue weighted by molar-refractivity contribution is -0.230. The summed E-state index contributed by atoms with van der Waals surface area (Å²) in [6.07, 6.45) is 13.1. The van der Waals surface area contributed by atoms with Gasteiger partial charge in [0.2, 0.25) is 0 Å². The summed E-state index contributed by atoms with van der Waals surface area (Å²) in [5.41, 5.74) is 0. The van der Waals surface area contributed by atoms with E-state index >= 15 is 0 Å². The Morgan fingerprint density at radius 3 is 1.74 bits per heavy atom. The third-order valence-electron chi connectivity index (χ3n) is 4.36. The zero-order valence-electron chi connectivity index (χ0n) is 14.0. The molecule has 0 fully saturated rings. The summed E-state index contributed by atoms with van der Waals surface area (Å²) in [5.74, 6) is 0.118. The van der Waals surface area contributed by atoms with Crippen molar-refractivity contribution in [1.82, 2.24) is 0 Å². The molecule has 0 heterocycles. The van der Waals surface area contributed by atoms with Gasteiger partial charge < -0.3 is 9.47 Å². The molecule has 1 unspecified atom stereocenters. The van der Waals surface area contributed by atoms with Crippen molar-refractivity contribution in [2.24, 2.45) is 5.92 Å². The maximum Gasteiger partial charge on any atom is 0.167 e. The maximum atomic E-state index is 5.62. The molecular formula is C17H36O2. The Kier molecular flexibility index (Phi) is 11.7. The largest absolute Gasteiger partial charge is 0.353 e. The van der Waals surface area contributed by atoms with Crippen LogP contribution in [0.3, 0.4) is 0 Å². The molecule has 0 spiro atoms. The number of ether oxygens (including phenoxy) is 2. The van der Waals surface area contributed by atoms with E-state index in [9.17, 15) is 0 Å². The van der Waals surface area contributed by atoms with Crippen LogP contribution in [0.25, 0.3) is 0 Å². The first-order chi connectivity index (χ1) is 9.14. The fourth-order valence-electron chi connectivity index (χ4n) is 2.71. The van der Waals surface area contributed by atoms with Crippen molar-refractivity contribution in [2.45, 2.75) is 90.8 Å². The first-order valence-electron chi connectivity index (χ1n) is 8.24. The van der Waals surface area contributed by atoms with E-state index in [1.54, 1.807) is 14.2 Å². The lowest BCUT2D eigenvalue weighted by Gasteiger charge is -2.35. The molecule has 0 aromatic rings. The van der Waals surface area contributed by atoms with E-state index in [2.05, 4.69) is 20.8 Å². The van der Waals surface area contributed by atoms with Crippen LogP contribution in [-0.4, -0.2) is 20.0 Å². The van der Waals surface area contributed by atoms with Gasteiger partial charge in [-0.2, -0.15) is 0 Å². The van der Waals surface area contributed by atoms with E-state index in [0.29, 0.717) is 5.92 Å². The Hall–Kier alpha value is -0.0800. The Morgan fingerprint density at radius 2 is 1.21 bits per heavy atom. The van der Waals surface area contributed by atoms with E-state index in [1.807, 2.05) is 0 Å². The topological polar surface area (TPSA) is 18.5 Å². The predicted octanol–water partition coefficient (Wildman–Crippen LogP) is 5.55. The molecule has 0 radical (unpaired) electrons. The Labute approximate surface area is 121 Å². The minimum Gasteiger partial charge on any atom is -0.353 e. The SMILES string of the molecule is CCCCCCCCC(CCCC)C(C)(OC)OC. The molecule has 1 atom stereocenters. The fraction of sp³-hybridized carbons (Fsp3) is 1.00. The summed E-state index contributed by atoms with van der Waals surface area (Å²) in [6, 6.07) is 0. The summed E-state index contributed by atoms with van der Waals surface area (Å²) >= 11 is 0. The van der Waals surface area contributed by atoms with Crippen LogP contribution >= 0.6 is 0 Å². The second-order valence-electron chi connectivity index (χ2n) is 5.82. The first kappa shape index (κ1) is 18.9. The molecule has 19 heavy (non-hydrogen) atoms. The number of hydrogen-bond acceptors (Lipinski definition) is 2. The number of hydrogen-bond donors (Lipinski definition) is 0. The van der Waals surface area contributed by atoms with E-state index < -0.39 is 5.79 Å². The van der Waals surface area contributed by atoms with Crippen LogP contribution in [0.1, 0.15) is 85.0 Å². The molecule has 0 aliphatic carbocycles. The van der Waals surface area contributed by atoms with Gasteiger partial charge in [0.25, 0.3) is 0 Å². The van der Waals surface area contributed by atoms with Crippen molar-refractivity contribution in [3.8, 4) is 0 Å². The molecule has 0 N–H and O–H groups in total. The van der Waals surface area contributed by atoms with Crippen LogP contribution in [0.2, 0.25) is 0 Å². The zero-order chi connectivity index (χ0) is 14.6. The summed E-state index contributed by atoms with van der Waals surface area (Å²) in [4.78, 5) is 0. The Bertz CT molecular complexity index is 188. The van der Waals surface area contributed by atoms with Gasteiger partial charge in [-0.1, -0.05) is 65.2 Å². The quantitative estimate of drug-likeness (QED) is 0.323. The maximum absolute atomic E-state index is 5.62. The van der Waals surface area contributed by atoms with Crippen molar-refractivity contribution in [1.29, 1.82) is 0 Å². The minimum absolute atomic E-state index is 0.404. The van der Waals surface area contributed by atoms with Crippen molar-refractivity contribution in [2.75, 3.05) is 14.2 Å². The molecule has 0 aliphatic heterocycles. The van der Waals surface area contributed by atoms with Gasteiger partial charge in [0.15, 0.2) is 5.79 Å². The molecule has 0 saturated heterocycles. The second-order valence-corrected chi connectivity index (χ2v) is 5.82. The van der Waals surface area contributed by atoms with Crippen LogP contribution in [0, 0.1) is 5.92 Å². The lowest BCUT2D eigenvalue weighted by Crippen LogP contribution is -2.38. The van der Waals surface area contributed by atoms with Gasteiger partial charge in [-0.25, -0.2) is 0 Å². The van der Waals surface area contributed by atoms with E-state index in [1.165, 1.54) is 64.2 Å². The van der Waals surface area contributed by atoms with Crippen molar-refractivity contribution in [3.05, 3.63) is 0 Å². The summed E-state index contributed by atoms with van der Waals surface area (Å²) in [6.45, 7) is 6.60. The van der Waals surface area contributed by atoms with Crippen molar-refractivity contribution >= 4 is 0 Å². The molecule has 0 bridgehead atoms. The smallest absolute Gasteiger partial charge is 0.167 e. The Balaban J connectivity index is 4.05. The highest BCUT2D eigenvalue weighted by atomic mass is 16.7. The van der Waals surface area contributed by atoms with Crippen molar-refractivity contribution in [3.63, 3.8) is 0 Å². The third-order valence-corrected chi connectivity index (χ3v) is 4.36. The van der Waals surface area contributed by atoms with Crippen LogP contribution in [0.15, 0.2) is 0 Å². The first-order valence-corrected chi connectivity index (χ1v) is 8.24. The van der Waals surface area contributed by atoms with E-state index in [4.69, 9.17) is 9.47 Å². The van der Waals surface area contributed by atoms with Crippen molar-refractivity contribution < 1.29 is 9.47 Å². The molecule has 0 aromatic heterocycles. The summed E-state index contributed by atoms with van der Waals surface area (Å²) < 4.78 is 11.2. The zero-order valence-corrected chi connectivity index (χ0v) is 14.0. The summed E-state index contributed by atoms with van der Waals surface area (Å²) in [7, 11) is 3.54. The Morgan fingerprint density at radius 1 is 0.737 bits per heavy atom. The molecule has 0 aromatic carbocycles. The number of unbranched alkanes of at least 4 members (excludes halogenated alkanes) is 6. The van der Waals surface area contributed by atoms with Gasteiger partial charge in [0.05, 0.1) is 0 Å². The van der Waals surface area contributed by atoms with Gasteiger partial charge in [-0.15, -0.1) is 0 Å². The molecule has 0 rings (SSSR count). The predicted molar refractivity (Wildman–Crippen MR) is 83.4 cm³/mol. The molecule has 2 nitrogen and oxygen atoms in total. The molecule has 116 valence electrons. The standard InChI is InChI=1S/C17H36O2/c1-6-8-10-11-12-13-15-16(14-9-7-2)17(3,18-4)19-5/h16H,6-15H2,1-5H3. The van der Waals surface area contributed by atoms with Crippen LogP contribution in [0.4, 0.5) is 0 Å². The van der Waals surface area contributed by atoms with E-state index in [0.717, 1.165) is 0 Å². The normalized spacial score (nSPS) is 13.7. The number of rotatable bonds is 13. The average molecular weight is 272 g/mol. The van der Waals surface area contributed by atoms with Crippen LogP contribution in [-0.2, 0) is 9.47 Å². The van der Waals surface area contributed by atoms with Crippen LogP contribution < -0.4 is 0 Å². The van der Waals surface area contributed by atoms with Gasteiger partial charge in [-0.05, 0) is 19.8 Å². The third kappa shape index (κ3) is 7.94. The highest BCUT2D eigenvalue weighted by Gasteiger charge is 2.33. The second kappa shape index (κ2) is 11.7. The molecule has 0 saturated carbocycles. The van der Waals surface area contributed by atoms with Gasteiger partial charge in [0.1, 0.15) is 0 Å². The average Bonchev–Trinajstić information content (AvgIpc) is 2.45. The lowest BCUT2D eigenvalue weighted by atomic mass is 9.88. The summed E-state index contributed by atoms with van der Waals surface area (Å²) in [5, 5.41) is 0. The van der Waals surface area contributed by atoms with Gasteiger partial charge >= 0.3 is 0 Å². The number of methoxy groups -OCH3 is 2. The molecule has 0 amide bonds. The highest BCUT2D eigenvalue weighted by Crippen LogP contribution is 2.31. The fourth-order valence-corrected chi connectivity index (χ4v) is 2.71. The molecule has 0 aliphatic rings. The van der Waals surface area contributed by atoms with Crippen LogP contribution in [0.5, 0.6) is 0 Å². The van der Waals surface area contributed by atoms with Gasteiger partial charge in [-0.3, -0.25) is 0 Å². The van der Waals surface area contributed by atoms with E-state index in [-0.39, 0.29) is 0 Å². The molecular weight excluding hydrogens is 236 g/mol. The van der Waals surface area contributed by atoms with Gasteiger partial charge in [0, 0.05) is 20.1 Å². The highest BCUT2D eigenvalue weighted by molar-refractivity contribution is 4.75. The minimum atomic E-state index is -0.404.